The van der Waals surface area contributed by atoms with Gasteiger partial charge in [0.05, 0.1) is 39.9 Å². The van der Waals surface area contributed by atoms with Crippen molar-refractivity contribution < 1.29 is 38.1 Å². The largest absolute Gasteiger partial charge is 0.469 e. The Labute approximate surface area is 348 Å². The van der Waals surface area contributed by atoms with Gasteiger partial charge in [0.2, 0.25) is 0 Å². The zero-order chi connectivity index (χ0) is 43.5. The zero-order valence-corrected chi connectivity index (χ0v) is 37.2. The number of allylic oxidation sites excluding steroid dienone is 20. The van der Waals surface area contributed by atoms with Crippen LogP contribution >= 0.6 is 0 Å². The highest BCUT2D eigenvalue weighted by molar-refractivity contribution is 5.78. The summed E-state index contributed by atoms with van der Waals surface area (Å²) >= 11 is 0. The van der Waals surface area contributed by atoms with Gasteiger partial charge >= 0.3 is 23.9 Å². The maximum absolute atomic E-state index is 12.3. The fraction of sp³-hybridized carbons (Fsp3) is 0.480. The molecule has 0 heterocycles. The average Bonchev–Trinajstić information content (AvgIpc) is 3.13. The quantitative estimate of drug-likeness (QED) is 0.0767. The Hall–Kier alpha value is -4.98. The number of hydrogen-bond donors (Lipinski definition) is 0. The van der Waals surface area contributed by atoms with Crippen molar-refractivity contribution in [3.8, 4) is 0 Å². The molecule has 0 amide bonds. The third-order valence-corrected chi connectivity index (χ3v) is 10.3. The van der Waals surface area contributed by atoms with Crippen molar-refractivity contribution in [2.45, 2.75) is 133 Å². The minimum absolute atomic E-state index is 0.0313. The topological polar surface area (TPSA) is 105 Å². The van der Waals surface area contributed by atoms with E-state index >= 15 is 0 Å². The fourth-order valence-electron chi connectivity index (χ4n) is 7.34. The minimum atomic E-state index is -0.412. The smallest absolute Gasteiger partial charge is 0.306 e. The predicted octanol–water partition coefficient (Wildman–Crippen LogP) is 11.6. The Kier molecular flexibility index (Phi) is 20.4. The molecule has 2 rings (SSSR count). The first-order valence-corrected chi connectivity index (χ1v) is 20.3. The van der Waals surface area contributed by atoms with E-state index < -0.39 is 11.9 Å². The first kappa shape index (κ1) is 49.2. The second kappa shape index (κ2) is 24.1. The first-order chi connectivity index (χ1) is 27.3. The van der Waals surface area contributed by atoms with Gasteiger partial charge in [0.15, 0.2) is 0 Å². The molecule has 0 spiro atoms. The van der Waals surface area contributed by atoms with Gasteiger partial charge in [-0.3, -0.25) is 19.2 Å². The number of carbonyl (C=O) groups is 4. The fourth-order valence-corrected chi connectivity index (χ4v) is 7.34. The zero-order valence-electron chi connectivity index (χ0n) is 37.2. The van der Waals surface area contributed by atoms with Crippen LogP contribution in [0.1, 0.15) is 121 Å². The van der Waals surface area contributed by atoms with Crippen LogP contribution in [0.5, 0.6) is 0 Å². The van der Waals surface area contributed by atoms with E-state index in [0.717, 1.165) is 35.1 Å². The maximum atomic E-state index is 12.3. The standard InChI is InChI=1S/C50H68O8/c1-35(19-15-21-37(3)23-25-43-39(5)31-41(33-49(43,7)8)57-47(53)29-27-45(51)55-11)17-13-14-18-36(2)20-16-22-38(4)24-26-44-40(6)32-42(34-50(44,9)10)58-48(54)30-28-46(52)56-12/h13-26,41-42H,27-34H2,1-12H3/b14-13+,19-15+,20-16+,25-23+,26-24+,35-17+,36-18+,37-21+,38-22+. The van der Waals surface area contributed by atoms with Crippen molar-refractivity contribution in [3.05, 3.63) is 130 Å². The van der Waals surface area contributed by atoms with Gasteiger partial charge in [-0.1, -0.05) is 146 Å². The summed E-state index contributed by atoms with van der Waals surface area (Å²) in [5.41, 5.74) is 9.14. The lowest BCUT2D eigenvalue weighted by Crippen LogP contribution is -2.32. The van der Waals surface area contributed by atoms with Crippen LogP contribution in [0.15, 0.2) is 130 Å². The molecule has 0 aromatic heterocycles. The van der Waals surface area contributed by atoms with Gasteiger partial charge in [0.1, 0.15) is 12.2 Å². The lowest BCUT2D eigenvalue weighted by Gasteiger charge is -2.37. The molecule has 0 aromatic rings. The van der Waals surface area contributed by atoms with Crippen LogP contribution in [-0.4, -0.2) is 50.3 Å². The third-order valence-electron chi connectivity index (χ3n) is 10.3. The van der Waals surface area contributed by atoms with Crippen molar-refractivity contribution in [2.24, 2.45) is 10.8 Å². The highest BCUT2D eigenvalue weighted by atomic mass is 16.6. The minimum Gasteiger partial charge on any atom is -0.469 e. The molecule has 2 atom stereocenters. The van der Waals surface area contributed by atoms with E-state index in [1.807, 2.05) is 12.2 Å². The van der Waals surface area contributed by atoms with Crippen molar-refractivity contribution in [1.29, 1.82) is 0 Å². The second-order valence-corrected chi connectivity index (χ2v) is 16.8. The van der Waals surface area contributed by atoms with Crippen LogP contribution in [0.25, 0.3) is 0 Å². The van der Waals surface area contributed by atoms with Crippen molar-refractivity contribution >= 4 is 23.9 Å². The summed E-state index contributed by atoms with van der Waals surface area (Å²) in [6, 6.07) is 0. The molecule has 8 heteroatoms. The Bertz CT molecular complexity index is 1690. The lowest BCUT2D eigenvalue weighted by molar-refractivity contribution is -0.154. The molecule has 2 unspecified atom stereocenters. The number of methoxy groups -OCH3 is 2. The molecule has 0 N–H and O–H groups in total. The molecule has 0 aromatic carbocycles. The second-order valence-electron chi connectivity index (χ2n) is 16.8. The Morgan fingerprint density at radius 3 is 1.16 bits per heavy atom. The molecule has 58 heavy (non-hydrogen) atoms. The molecule has 2 aliphatic rings. The number of hydrogen-bond acceptors (Lipinski definition) is 8. The Morgan fingerprint density at radius 1 is 0.517 bits per heavy atom. The van der Waals surface area contributed by atoms with E-state index in [4.69, 9.17) is 9.47 Å². The molecule has 2 aliphatic carbocycles. The predicted molar refractivity (Wildman–Crippen MR) is 234 cm³/mol. The lowest BCUT2D eigenvalue weighted by atomic mass is 9.71. The van der Waals surface area contributed by atoms with Crippen LogP contribution in [0.3, 0.4) is 0 Å². The van der Waals surface area contributed by atoms with Gasteiger partial charge < -0.3 is 18.9 Å². The van der Waals surface area contributed by atoms with Crippen LogP contribution < -0.4 is 0 Å². The highest BCUT2D eigenvalue weighted by Gasteiger charge is 2.35. The van der Waals surface area contributed by atoms with E-state index in [2.05, 4.69) is 152 Å². The van der Waals surface area contributed by atoms with Gasteiger partial charge in [0.25, 0.3) is 0 Å². The van der Waals surface area contributed by atoms with Crippen LogP contribution in [-0.2, 0) is 38.1 Å². The molecule has 0 fully saturated rings. The van der Waals surface area contributed by atoms with E-state index in [9.17, 15) is 19.2 Å². The Morgan fingerprint density at radius 2 is 0.828 bits per heavy atom. The maximum Gasteiger partial charge on any atom is 0.306 e. The number of rotatable bonds is 18. The summed E-state index contributed by atoms with van der Waals surface area (Å²) in [6.07, 6.45) is 31.9. The Balaban J connectivity index is 1.91. The molecule has 0 bridgehead atoms. The molecular weight excluding hydrogens is 729 g/mol. The number of carbonyl (C=O) groups excluding carboxylic acids is 4. The summed E-state index contributed by atoms with van der Waals surface area (Å²) in [5.74, 6) is -1.55. The molecule has 0 aliphatic heterocycles. The molecule has 0 saturated heterocycles. The van der Waals surface area contributed by atoms with Gasteiger partial charge in [-0.25, -0.2) is 0 Å². The van der Waals surface area contributed by atoms with E-state index in [0.29, 0.717) is 12.8 Å². The summed E-state index contributed by atoms with van der Waals surface area (Å²) in [5, 5.41) is 0. The summed E-state index contributed by atoms with van der Waals surface area (Å²) in [4.78, 5) is 47.3. The highest BCUT2D eigenvalue weighted by Crippen LogP contribution is 2.43. The number of ether oxygens (including phenoxy) is 4. The summed E-state index contributed by atoms with van der Waals surface area (Å²) < 4.78 is 20.6. The van der Waals surface area contributed by atoms with Gasteiger partial charge in [-0.05, 0) is 76.4 Å². The van der Waals surface area contributed by atoms with Crippen LogP contribution in [0.4, 0.5) is 0 Å². The van der Waals surface area contributed by atoms with Gasteiger partial charge in [0, 0.05) is 12.8 Å². The summed E-state index contributed by atoms with van der Waals surface area (Å²) in [7, 11) is 2.62. The normalized spacial score (nSPS) is 20.9. The van der Waals surface area contributed by atoms with Crippen LogP contribution in [0, 0.1) is 10.8 Å². The molecule has 0 saturated carbocycles. The average molecular weight is 797 g/mol. The van der Waals surface area contributed by atoms with E-state index in [1.54, 1.807) is 0 Å². The monoisotopic (exact) mass is 796 g/mol. The van der Waals surface area contributed by atoms with Gasteiger partial charge in [-0.15, -0.1) is 0 Å². The summed E-state index contributed by atoms with van der Waals surface area (Å²) in [6.45, 7) is 21.2. The van der Waals surface area contributed by atoms with E-state index in [-0.39, 0.29) is 60.7 Å². The molecule has 0 radical (unpaired) electrons. The first-order valence-electron chi connectivity index (χ1n) is 20.3. The van der Waals surface area contributed by atoms with E-state index in [1.165, 1.54) is 36.5 Å². The molecular formula is C50H68O8. The van der Waals surface area contributed by atoms with Crippen molar-refractivity contribution in [2.75, 3.05) is 14.2 Å². The van der Waals surface area contributed by atoms with Gasteiger partial charge in [-0.2, -0.15) is 0 Å². The van der Waals surface area contributed by atoms with Crippen LogP contribution in [0.2, 0.25) is 0 Å². The molecule has 316 valence electrons. The molecule has 8 nitrogen and oxygen atoms in total. The number of esters is 4. The van der Waals surface area contributed by atoms with Crippen molar-refractivity contribution in [1.82, 2.24) is 0 Å². The van der Waals surface area contributed by atoms with Crippen molar-refractivity contribution in [3.63, 3.8) is 0 Å². The SMILES string of the molecule is COC(=O)CCC(=O)OC1CC(C)=C(/C=C/C(C)=C/C=C/C(C)=C/C=C/C=C(C)/C=C/C=C(C)/C=C/C2=C(C)CC(OC(=O)CCC(=O)OC)CC2(C)C)C(C)(C)C1. The third kappa shape index (κ3) is 18.1.